The predicted molar refractivity (Wildman–Crippen MR) is 121 cm³/mol. The Kier molecular flexibility index (Phi) is 8.06. The van der Waals surface area contributed by atoms with Crippen LogP contribution in [0.2, 0.25) is 0 Å². The van der Waals surface area contributed by atoms with Gasteiger partial charge in [0, 0.05) is 0 Å². The topological polar surface area (TPSA) is 20.2 Å². The molecule has 0 bridgehead atoms. The highest BCUT2D eigenvalue weighted by Crippen LogP contribution is 2.43. The summed E-state index contributed by atoms with van der Waals surface area (Å²) in [7, 11) is 0. The average molecular weight is 383 g/mol. The molecule has 2 atom stereocenters. The predicted octanol–water partition coefficient (Wildman–Crippen LogP) is 8.10. The van der Waals surface area contributed by atoms with E-state index in [1.165, 1.54) is 69.8 Å². The van der Waals surface area contributed by atoms with Gasteiger partial charge in [0.2, 0.25) is 0 Å². The molecular weight excluding hydrogens is 340 g/mol. The number of aromatic hydroxyl groups is 1. The summed E-state index contributed by atoms with van der Waals surface area (Å²) < 4.78 is 0. The van der Waals surface area contributed by atoms with Crippen LogP contribution in [0, 0.1) is 29.6 Å². The van der Waals surface area contributed by atoms with E-state index in [9.17, 15) is 5.11 Å². The second kappa shape index (κ2) is 10.5. The lowest BCUT2D eigenvalue weighted by Gasteiger charge is -2.37. The van der Waals surface area contributed by atoms with Crippen molar-refractivity contribution in [2.75, 3.05) is 0 Å². The molecule has 0 radical (unpaired) electrons. The lowest BCUT2D eigenvalue weighted by atomic mass is 9.68. The molecule has 1 aromatic carbocycles. The number of rotatable bonds is 2. The molecule has 28 heavy (non-hydrogen) atoms. The fourth-order valence-electron chi connectivity index (χ4n) is 5.53. The van der Waals surface area contributed by atoms with E-state index < -0.39 is 0 Å². The summed E-state index contributed by atoms with van der Waals surface area (Å²) in [6.45, 7) is 6.97. The van der Waals surface area contributed by atoms with Crippen molar-refractivity contribution in [3.63, 3.8) is 0 Å². The molecule has 0 aromatic heterocycles. The molecule has 3 aliphatic rings. The standard InChI is InChI=1S/C19H28O.C8H14/c1-14-2-4-15(5-3-14)16-6-8-17(9-7-16)18-10-12-19(20)13-11-18;1-7-3-5-8(2)6-4-7/h10-17,20H,2-9H2,1H3;3,5,7-8H,4,6H2,1-2H3. The van der Waals surface area contributed by atoms with Crippen LogP contribution in [0.5, 0.6) is 5.75 Å². The van der Waals surface area contributed by atoms with E-state index in [4.69, 9.17) is 0 Å². The lowest BCUT2D eigenvalue weighted by molar-refractivity contribution is 0.165. The van der Waals surface area contributed by atoms with E-state index in [-0.39, 0.29) is 0 Å². The van der Waals surface area contributed by atoms with Crippen LogP contribution in [-0.2, 0) is 0 Å². The molecule has 1 aromatic rings. The number of benzene rings is 1. The van der Waals surface area contributed by atoms with Crippen LogP contribution < -0.4 is 0 Å². The van der Waals surface area contributed by atoms with Gasteiger partial charge in [-0.3, -0.25) is 0 Å². The van der Waals surface area contributed by atoms with Gasteiger partial charge in [0.15, 0.2) is 0 Å². The molecule has 0 heterocycles. The minimum absolute atomic E-state index is 0.388. The fourth-order valence-corrected chi connectivity index (χ4v) is 5.53. The van der Waals surface area contributed by atoms with Crippen molar-refractivity contribution in [1.82, 2.24) is 0 Å². The van der Waals surface area contributed by atoms with Gasteiger partial charge in [0.05, 0.1) is 0 Å². The van der Waals surface area contributed by atoms with Gasteiger partial charge >= 0.3 is 0 Å². The van der Waals surface area contributed by atoms with Gasteiger partial charge in [-0.25, -0.2) is 0 Å². The third-order valence-corrected chi connectivity index (χ3v) is 7.71. The van der Waals surface area contributed by atoms with Crippen molar-refractivity contribution < 1.29 is 5.11 Å². The number of hydrogen-bond donors (Lipinski definition) is 1. The Balaban J connectivity index is 0.000000236. The maximum Gasteiger partial charge on any atom is 0.115 e. The molecule has 1 N–H and O–H groups in total. The molecule has 0 saturated heterocycles. The van der Waals surface area contributed by atoms with Gasteiger partial charge in [-0.15, -0.1) is 0 Å². The highest BCUT2D eigenvalue weighted by atomic mass is 16.3. The quantitative estimate of drug-likeness (QED) is 0.512. The molecule has 2 unspecified atom stereocenters. The Morgan fingerprint density at radius 2 is 1.07 bits per heavy atom. The molecule has 4 rings (SSSR count). The molecule has 0 amide bonds. The van der Waals surface area contributed by atoms with Gasteiger partial charge in [-0.05, 0) is 105 Å². The zero-order valence-electron chi connectivity index (χ0n) is 18.4. The molecule has 3 aliphatic carbocycles. The normalized spacial score (nSPS) is 35.7. The van der Waals surface area contributed by atoms with Gasteiger partial charge in [0.25, 0.3) is 0 Å². The maximum absolute atomic E-state index is 9.39. The second-order valence-electron chi connectivity index (χ2n) is 10.1. The number of phenolic OH excluding ortho intramolecular Hbond substituents is 1. The van der Waals surface area contributed by atoms with Crippen molar-refractivity contribution in [1.29, 1.82) is 0 Å². The van der Waals surface area contributed by atoms with Crippen LogP contribution in [0.3, 0.4) is 0 Å². The summed E-state index contributed by atoms with van der Waals surface area (Å²) in [5.41, 5.74) is 1.43. The number of allylic oxidation sites excluding steroid dienone is 2. The smallest absolute Gasteiger partial charge is 0.115 e. The maximum atomic E-state index is 9.39. The van der Waals surface area contributed by atoms with E-state index in [1.54, 1.807) is 0 Å². The Hall–Kier alpha value is -1.24. The summed E-state index contributed by atoms with van der Waals surface area (Å²) >= 11 is 0. The van der Waals surface area contributed by atoms with Crippen molar-refractivity contribution in [3.05, 3.63) is 42.0 Å². The first-order valence-electron chi connectivity index (χ1n) is 12.0. The van der Waals surface area contributed by atoms with Crippen LogP contribution >= 0.6 is 0 Å². The van der Waals surface area contributed by atoms with E-state index in [1.807, 2.05) is 12.1 Å². The van der Waals surface area contributed by atoms with Crippen molar-refractivity contribution in [2.24, 2.45) is 29.6 Å². The lowest BCUT2D eigenvalue weighted by Crippen LogP contribution is -2.24. The van der Waals surface area contributed by atoms with Gasteiger partial charge < -0.3 is 5.11 Å². The zero-order valence-corrected chi connectivity index (χ0v) is 18.4. The Morgan fingerprint density at radius 3 is 1.54 bits per heavy atom. The second-order valence-corrected chi connectivity index (χ2v) is 10.1. The van der Waals surface area contributed by atoms with Crippen LogP contribution in [0.25, 0.3) is 0 Å². The third-order valence-electron chi connectivity index (χ3n) is 7.71. The SMILES string of the molecule is CC1C=CC(C)CC1.CC1CCC(C2CCC(c3ccc(O)cc3)CC2)CC1. The van der Waals surface area contributed by atoms with E-state index in [0.717, 1.165) is 35.5 Å². The minimum atomic E-state index is 0.388. The minimum Gasteiger partial charge on any atom is -0.508 e. The molecule has 1 nitrogen and oxygen atoms in total. The molecule has 0 spiro atoms. The summed E-state index contributed by atoms with van der Waals surface area (Å²) in [5.74, 6) is 5.79. The third kappa shape index (κ3) is 6.39. The molecule has 1 heteroatoms. The van der Waals surface area contributed by atoms with Crippen molar-refractivity contribution in [2.45, 2.75) is 90.9 Å². The largest absolute Gasteiger partial charge is 0.508 e. The summed E-state index contributed by atoms with van der Waals surface area (Å²) in [5, 5.41) is 9.39. The summed E-state index contributed by atoms with van der Waals surface area (Å²) in [6.07, 6.45) is 18.9. The summed E-state index contributed by atoms with van der Waals surface area (Å²) in [6, 6.07) is 7.90. The summed E-state index contributed by atoms with van der Waals surface area (Å²) in [4.78, 5) is 0. The molecule has 156 valence electrons. The first-order chi connectivity index (χ1) is 13.5. The van der Waals surface area contributed by atoms with Crippen LogP contribution in [-0.4, -0.2) is 5.11 Å². The monoisotopic (exact) mass is 382 g/mol. The first-order valence-corrected chi connectivity index (χ1v) is 12.0. The Labute approximate surface area is 173 Å². The molecule has 2 fully saturated rings. The molecule has 2 saturated carbocycles. The molecular formula is C27H42O. The zero-order chi connectivity index (χ0) is 19.9. The van der Waals surface area contributed by atoms with E-state index in [2.05, 4.69) is 45.1 Å². The van der Waals surface area contributed by atoms with Crippen molar-refractivity contribution >= 4 is 0 Å². The van der Waals surface area contributed by atoms with Crippen LogP contribution in [0.15, 0.2) is 36.4 Å². The molecule has 0 aliphatic heterocycles. The first kappa shape index (κ1) is 21.5. The van der Waals surface area contributed by atoms with Gasteiger partial charge in [-0.2, -0.15) is 0 Å². The number of phenols is 1. The average Bonchev–Trinajstić information content (AvgIpc) is 2.72. The fraction of sp³-hybridized carbons (Fsp3) is 0.704. The van der Waals surface area contributed by atoms with Gasteiger partial charge in [-0.1, -0.05) is 57.9 Å². The van der Waals surface area contributed by atoms with E-state index in [0.29, 0.717) is 5.75 Å². The van der Waals surface area contributed by atoms with Gasteiger partial charge in [0.1, 0.15) is 5.75 Å². The van der Waals surface area contributed by atoms with Crippen LogP contribution in [0.1, 0.15) is 96.5 Å². The highest BCUT2D eigenvalue weighted by molar-refractivity contribution is 5.28. The highest BCUT2D eigenvalue weighted by Gasteiger charge is 2.30. The van der Waals surface area contributed by atoms with E-state index >= 15 is 0 Å². The number of hydrogen-bond acceptors (Lipinski definition) is 1. The Bertz CT molecular complexity index is 573. The Morgan fingerprint density at radius 1 is 0.607 bits per heavy atom. The van der Waals surface area contributed by atoms with Crippen molar-refractivity contribution in [3.8, 4) is 5.75 Å². The van der Waals surface area contributed by atoms with Crippen LogP contribution in [0.4, 0.5) is 0 Å².